The van der Waals surface area contributed by atoms with Crippen molar-refractivity contribution in [1.82, 2.24) is 4.90 Å². The molecule has 0 saturated heterocycles. The highest BCUT2D eigenvalue weighted by Crippen LogP contribution is 2.12. The molecular weight excluding hydrogens is 220 g/mol. The molecular formula is C16H28N2. The molecule has 0 radical (unpaired) electrons. The van der Waals surface area contributed by atoms with Crippen molar-refractivity contribution in [2.75, 3.05) is 19.6 Å². The molecule has 0 saturated carbocycles. The van der Waals surface area contributed by atoms with E-state index >= 15 is 0 Å². The maximum absolute atomic E-state index is 5.97. The van der Waals surface area contributed by atoms with Crippen molar-refractivity contribution in [1.29, 1.82) is 0 Å². The highest BCUT2D eigenvalue weighted by Gasteiger charge is 2.17. The first-order valence-corrected chi connectivity index (χ1v) is 7.19. The highest BCUT2D eigenvalue weighted by molar-refractivity contribution is 5.16. The predicted octanol–water partition coefficient (Wildman–Crippen LogP) is 2.92. The minimum atomic E-state index is 0.464. The molecule has 0 aliphatic rings. The lowest BCUT2D eigenvalue weighted by Crippen LogP contribution is -2.44. The molecule has 2 nitrogen and oxygen atoms in total. The first-order valence-electron chi connectivity index (χ1n) is 7.19. The van der Waals surface area contributed by atoms with Crippen molar-refractivity contribution in [3.63, 3.8) is 0 Å². The van der Waals surface area contributed by atoms with E-state index in [4.69, 9.17) is 5.73 Å². The zero-order valence-corrected chi connectivity index (χ0v) is 12.1. The van der Waals surface area contributed by atoms with Gasteiger partial charge in [0.25, 0.3) is 0 Å². The van der Waals surface area contributed by atoms with Crippen LogP contribution in [0.3, 0.4) is 0 Å². The van der Waals surface area contributed by atoms with Crippen molar-refractivity contribution in [3.8, 4) is 0 Å². The third kappa shape index (κ3) is 4.79. The first-order chi connectivity index (χ1) is 8.71. The average molecular weight is 248 g/mol. The lowest BCUT2D eigenvalue weighted by Gasteiger charge is -2.32. The second-order valence-electron chi connectivity index (χ2n) is 5.18. The van der Waals surface area contributed by atoms with Gasteiger partial charge < -0.3 is 5.73 Å². The van der Waals surface area contributed by atoms with Gasteiger partial charge in [-0.25, -0.2) is 0 Å². The number of nitrogens with two attached hydrogens (primary N) is 1. The molecule has 0 aliphatic heterocycles. The Kier molecular flexibility index (Phi) is 6.99. The Hall–Kier alpha value is -0.860. The molecule has 1 aromatic carbocycles. The van der Waals surface area contributed by atoms with Crippen LogP contribution in [-0.2, 0) is 6.42 Å². The van der Waals surface area contributed by atoms with Crippen LogP contribution in [0, 0.1) is 5.92 Å². The molecule has 0 amide bonds. The molecule has 0 heterocycles. The molecule has 18 heavy (non-hydrogen) atoms. The average Bonchev–Trinajstić information content (AvgIpc) is 2.43. The van der Waals surface area contributed by atoms with Gasteiger partial charge in [0.15, 0.2) is 0 Å². The summed E-state index contributed by atoms with van der Waals surface area (Å²) in [5.74, 6) is 0.745. The summed E-state index contributed by atoms with van der Waals surface area (Å²) in [5, 5.41) is 0. The fourth-order valence-electron chi connectivity index (χ4n) is 2.31. The smallest absolute Gasteiger partial charge is 0.0258 e. The highest BCUT2D eigenvalue weighted by atomic mass is 15.2. The van der Waals surface area contributed by atoms with E-state index in [0.717, 1.165) is 32.0 Å². The van der Waals surface area contributed by atoms with Crippen LogP contribution in [0.15, 0.2) is 30.3 Å². The molecule has 102 valence electrons. The molecule has 1 rings (SSSR count). The summed E-state index contributed by atoms with van der Waals surface area (Å²) in [7, 11) is 0. The third-order valence-electron chi connectivity index (χ3n) is 3.75. The number of rotatable bonds is 8. The summed E-state index contributed by atoms with van der Waals surface area (Å²) in [6, 6.07) is 11.1. The first kappa shape index (κ1) is 15.2. The summed E-state index contributed by atoms with van der Waals surface area (Å²) in [6.45, 7) is 9.78. The molecule has 0 fully saturated rings. The molecule has 0 aliphatic carbocycles. The molecule has 2 N–H and O–H groups in total. The number of benzene rings is 1. The normalized spacial score (nSPS) is 14.7. The van der Waals surface area contributed by atoms with E-state index in [9.17, 15) is 0 Å². The molecule has 0 bridgehead atoms. The Labute approximate surface area is 112 Å². The van der Waals surface area contributed by atoms with Crippen LogP contribution in [0.4, 0.5) is 0 Å². The van der Waals surface area contributed by atoms with E-state index in [2.05, 4.69) is 56.0 Å². The van der Waals surface area contributed by atoms with Crippen LogP contribution >= 0.6 is 0 Å². The maximum Gasteiger partial charge on any atom is 0.0258 e. The summed E-state index contributed by atoms with van der Waals surface area (Å²) in [6.07, 6.45) is 2.29. The van der Waals surface area contributed by atoms with Gasteiger partial charge in [0.1, 0.15) is 0 Å². The predicted molar refractivity (Wildman–Crippen MR) is 79.7 cm³/mol. The van der Waals surface area contributed by atoms with Gasteiger partial charge >= 0.3 is 0 Å². The minimum Gasteiger partial charge on any atom is -0.329 e. The van der Waals surface area contributed by atoms with Crippen LogP contribution in [-0.4, -0.2) is 30.6 Å². The van der Waals surface area contributed by atoms with E-state index in [-0.39, 0.29) is 0 Å². The third-order valence-corrected chi connectivity index (χ3v) is 3.75. The van der Waals surface area contributed by atoms with Crippen LogP contribution in [0.2, 0.25) is 0 Å². The lowest BCUT2D eigenvalue weighted by atomic mass is 10.0. The van der Waals surface area contributed by atoms with Crippen molar-refractivity contribution >= 4 is 0 Å². The monoisotopic (exact) mass is 248 g/mol. The molecule has 2 heteroatoms. The summed E-state index contributed by atoms with van der Waals surface area (Å²) < 4.78 is 0. The zero-order chi connectivity index (χ0) is 13.4. The second kappa shape index (κ2) is 8.28. The number of hydrogen-bond acceptors (Lipinski definition) is 2. The standard InChI is InChI=1S/C16H28N2/c1-4-14(3)13-18(5-2)16(12-17)11-15-9-7-6-8-10-15/h6-10,14,16H,4-5,11-13,17H2,1-3H3. The SMILES string of the molecule is CCC(C)CN(CC)C(CN)Cc1ccccc1. The Bertz CT molecular complexity index is 310. The minimum absolute atomic E-state index is 0.464. The van der Waals surface area contributed by atoms with E-state index in [1.807, 2.05) is 0 Å². The fourth-order valence-corrected chi connectivity index (χ4v) is 2.31. The van der Waals surface area contributed by atoms with E-state index < -0.39 is 0 Å². The van der Waals surface area contributed by atoms with Crippen molar-refractivity contribution in [2.45, 2.75) is 39.7 Å². The topological polar surface area (TPSA) is 29.3 Å². The van der Waals surface area contributed by atoms with Gasteiger partial charge in [-0.3, -0.25) is 4.90 Å². The van der Waals surface area contributed by atoms with Crippen LogP contribution in [0.5, 0.6) is 0 Å². The van der Waals surface area contributed by atoms with Gasteiger partial charge in [-0.15, -0.1) is 0 Å². The van der Waals surface area contributed by atoms with Gasteiger partial charge in [0.05, 0.1) is 0 Å². The number of likely N-dealkylation sites (N-methyl/N-ethyl adjacent to an activating group) is 1. The van der Waals surface area contributed by atoms with E-state index in [1.165, 1.54) is 12.0 Å². The Morgan fingerprint density at radius 3 is 2.33 bits per heavy atom. The van der Waals surface area contributed by atoms with Crippen molar-refractivity contribution in [3.05, 3.63) is 35.9 Å². The molecule has 2 unspecified atom stereocenters. The van der Waals surface area contributed by atoms with Gasteiger partial charge in [-0.2, -0.15) is 0 Å². The van der Waals surface area contributed by atoms with Gasteiger partial charge in [-0.1, -0.05) is 57.5 Å². The van der Waals surface area contributed by atoms with Gasteiger partial charge in [-0.05, 0) is 24.4 Å². The largest absolute Gasteiger partial charge is 0.329 e. The van der Waals surface area contributed by atoms with E-state index in [0.29, 0.717) is 6.04 Å². The number of hydrogen-bond donors (Lipinski definition) is 1. The number of nitrogens with zero attached hydrogens (tertiary/aromatic N) is 1. The maximum atomic E-state index is 5.97. The van der Waals surface area contributed by atoms with Crippen LogP contribution in [0.1, 0.15) is 32.8 Å². The molecule has 0 aromatic heterocycles. The van der Waals surface area contributed by atoms with Crippen molar-refractivity contribution < 1.29 is 0 Å². The summed E-state index contributed by atoms with van der Waals surface area (Å²) >= 11 is 0. The van der Waals surface area contributed by atoms with Crippen LogP contribution < -0.4 is 5.73 Å². The van der Waals surface area contributed by atoms with Crippen molar-refractivity contribution in [2.24, 2.45) is 11.7 Å². The van der Waals surface area contributed by atoms with Gasteiger partial charge in [0.2, 0.25) is 0 Å². The lowest BCUT2D eigenvalue weighted by molar-refractivity contribution is 0.180. The molecule has 0 spiro atoms. The molecule has 2 atom stereocenters. The van der Waals surface area contributed by atoms with Gasteiger partial charge in [0, 0.05) is 19.1 Å². The second-order valence-corrected chi connectivity index (χ2v) is 5.18. The Balaban J connectivity index is 2.62. The fraction of sp³-hybridized carbons (Fsp3) is 0.625. The quantitative estimate of drug-likeness (QED) is 0.766. The van der Waals surface area contributed by atoms with E-state index in [1.54, 1.807) is 0 Å². The zero-order valence-electron chi connectivity index (χ0n) is 12.1. The molecule has 1 aromatic rings. The van der Waals surface area contributed by atoms with Crippen LogP contribution in [0.25, 0.3) is 0 Å². The Morgan fingerprint density at radius 2 is 1.83 bits per heavy atom. The summed E-state index contributed by atoms with van der Waals surface area (Å²) in [4.78, 5) is 2.53. The summed E-state index contributed by atoms with van der Waals surface area (Å²) in [5.41, 5.74) is 7.36. The Morgan fingerprint density at radius 1 is 1.17 bits per heavy atom.